The number of carbonyl (C=O) groups excluding carboxylic acids is 1. The molecule has 1 aromatic rings. The molecule has 0 saturated heterocycles. The Morgan fingerprint density at radius 2 is 1.88 bits per heavy atom. The van der Waals surface area contributed by atoms with E-state index in [-0.39, 0.29) is 16.8 Å². The lowest BCUT2D eigenvalue weighted by atomic mass is 9.98. The van der Waals surface area contributed by atoms with Crippen LogP contribution in [0.25, 0.3) is 5.57 Å². The molecule has 2 N–H and O–H groups in total. The Kier molecular flexibility index (Phi) is 14.5. The Hall–Kier alpha value is -2.79. The predicted octanol–water partition coefficient (Wildman–Crippen LogP) is 7.26. The van der Waals surface area contributed by atoms with Crippen LogP contribution in [0.3, 0.4) is 0 Å². The van der Waals surface area contributed by atoms with Gasteiger partial charge in [0.2, 0.25) is 0 Å². The van der Waals surface area contributed by atoms with E-state index in [4.69, 9.17) is 0 Å². The molecule has 0 aliphatic carbocycles. The van der Waals surface area contributed by atoms with Crippen LogP contribution in [0.5, 0.6) is 0 Å². The highest BCUT2D eigenvalue weighted by molar-refractivity contribution is 5.96. The van der Waals surface area contributed by atoms with Crippen molar-refractivity contribution in [3.63, 3.8) is 0 Å². The summed E-state index contributed by atoms with van der Waals surface area (Å²) in [5.74, 6) is -1.58. The van der Waals surface area contributed by atoms with Crippen LogP contribution in [-0.4, -0.2) is 19.0 Å². The number of hydrogen-bond acceptors (Lipinski definition) is 2. The van der Waals surface area contributed by atoms with E-state index in [1.165, 1.54) is 6.07 Å². The van der Waals surface area contributed by atoms with Gasteiger partial charge in [0.15, 0.2) is 0 Å². The SMILES string of the molecule is C=C(/C=C(/F)C(=C)/C(C)=C/CC)NC(=O)c1ccc(C2=CCNCC2)c(F)c1.CC.CC. The minimum absolute atomic E-state index is 0.0681. The van der Waals surface area contributed by atoms with E-state index in [1.54, 1.807) is 19.1 Å². The van der Waals surface area contributed by atoms with Crippen molar-refractivity contribution in [1.29, 1.82) is 0 Å². The molecule has 3 nitrogen and oxygen atoms in total. The van der Waals surface area contributed by atoms with Gasteiger partial charge in [-0.3, -0.25) is 4.79 Å². The Bertz CT molecular complexity index is 880. The molecule has 176 valence electrons. The molecule has 0 unspecified atom stereocenters. The number of halogens is 2. The first-order valence-electron chi connectivity index (χ1n) is 11.3. The van der Waals surface area contributed by atoms with Crippen LogP contribution in [0.4, 0.5) is 8.78 Å². The molecule has 0 fully saturated rings. The quantitative estimate of drug-likeness (QED) is 0.434. The van der Waals surface area contributed by atoms with Gasteiger partial charge >= 0.3 is 0 Å². The molecule has 0 bridgehead atoms. The molecule has 1 heterocycles. The first-order chi connectivity index (χ1) is 15.3. The molecule has 1 aromatic carbocycles. The highest BCUT2D eigenvalue weighted by Gasteiger charge is 2.14. The second-order valence-electron chi connectivity index (χ2n) is 6.62. The summed E-state index contributed by atoms with van der Waals surface area (Å²) in [6.07, 6.45) is 6.42. The summed E-state index contributed by atoms with van der Waals surface area (Å²) in [5, 5.41) is 5.65. The second-order valence-corrected chi connectivity index (χ2v) is 6.62. The Morgan fingerprint density at radius 3 is 2.41 bits per heavy atom. The summed E-state index contributed by atoms with van der Waals surface area (Å²) >= 11 is 0. The molecule has 0 saturated carbocycles. The fourth-order valence-corrected chi connectivity index (χ4v) is 2.90. The maximum Gasteiger partial charge on any atom is 0.255 e. The molecule has 1 aliphatic heterocycles. The van der Waals surface area contributed by atoms with Crippen molar-refractivity contribution in [2.75, 3.05) is 13.1 Å². The lowest BCUT2D eigenvalue weighted by Gasteiger charge is -2.15. The van der Waals surface area contributed by atoms with Gasteiger partial charge in [-0.25, -0.2) is 8.78 Å². The third kappa shape index (κ3) is 9.15. The van der Waals surface area contributed by atoms with E-state index < -0.39 is 17.6 Å². The number of carbonyl (C=O) groups is 1. The first kappa shape index (κ1) is 29.2. The highest BCUT2D eigenvalue weighted by atomic mass is 19.1. The van der Waals surface area contributed by atoms with Gasteiger partial charge in [-0.05, 0) is 55.7 Å². The number of rotatable bonds is 7. The topological polar surface area (TPSA) is 41.1 Å². The van der Waals surface area contributed by atoms with E-state index in [1.807, 2.05) is 46.8 Å². The van der Waals surface area contributed by atoms with Crippen LogP contribution in [0, 0.1) is 5.82 Å². The average Bonchev–Trinajstić information content (AvgIpc) is 2.81. The number of amides is 1. The smallest absolute Gasteiger partial charge is 0.255 e. The standard InChI is InChI=1S/C23H26F2N2O.2C2H6/c1-5-6-15(2)17(4)21(24)13-16(3)27-23(28)19-7-8-20(22(25)14-19)18-9-11-26-12-10-18;2*1-2/h6-9,13-14,26H,3-5,10-12H2,1-2H3,(H,27,28);2*1-2H3/b15-6+,21-13+;;. The minimum atomic E-state index is -0.577. The van der Waals surface area contributed by atoms with Crippen molar-refractivity contribution >= 4 is 11.5 Å². The van der Waals surface area contributed by atoms with Crippen molar-refractivity contribution in [2.45, 2.75) is 54.4 Å². The first-order valence-corrected chi connectivity index (χ1v) is 11.3. The monoisotopic (exact) mass is 444 g/mol. The van der Waals surface area contributed by atoms with Gasteiger partial charge in [0.25, 0.3) is 5.91 Å². The summed E-state index contributed by atoms with van der Waals surface area (Å²) in [4.78, 5) is 12.3. The molecule has 0 atom stereocenters. The summed E-state index contributed by atoms with van der Waals surface area (Å²) in [7, 11) is 0. The number of allylic oxidation sites excluding steroid dienone is 5. The lowest BCUT2D eigenvalue weighted by molar-refractivity contribution is 0.0967. The Balaban J connectivity index is 0.00000227. The third-order valence-electron chi connectivity index (χ3n) is 4.49. The van der Waals surface area contributed by atoms with Crippen molar-refractivity contribution in [3.8, 4) is 0 Å². The van der Waals surface area contributed by atoms with Gasteiger partial charge in [0.05, 0.1) is 0 Å². The summed E-state index contributed by atoms with van der Waals surface area (Å²) < 4.78 is 28.7. The van der Waals surface area contributed by atoms with Gasteiger partial charge in [-0.15, -0.1) is 0 Å². The summed E-state index contributed by atoms with van der Waals surface area (Å²) in [5.41, 5.74) is 2.59. The van der Waals surface area contributed by atoms with Crippen molar-refractivity contribution < 1.29 is 13.6 Å². The third-order valence-corrected chi connectivity index (χ3v) is 4.49. The van der Waals surface area contributed by atoms with Crippen molar-refractivity contribution in [1.82, 2.24) is 10.6 Å². The Morgan fingerprint density at radius 1 is 1.22 bits per heavy atom. The molecule has 1 aliphatic rings. The molecule has 0 spiro atoms. The van der Waals surface area contributed by atoms with E-state index in [0.717, 1.165) is 36.6 Å². The predicted molar refractivity (Wildman–Crippen MR) is 134 cm³/mol. The van der Waals surface area contributed by atoms with E-state index >= 15 is 0 Å². The van der Waals surface area contributed by atoms with E-state index in [0.29, 0.717) is 12.1 Å². The fourth-order valence-electron chi connectivity index (χ4n) is 2.90. The largest absolute Gasteiger partial charge is 0.322 e. The van der Waals surface area contributed by atoms with Gasteiger partial charge in [-0.1, -0.05) is 66.0 Å². The number of hydrogen-bond donors (Lipinski definition) is 2. The van der Waals surface area contributed by atoms with E-state index in [9.17, 15) is 13.6 Å². The number of benzene rings is 1. The molecule has 0 aromatic heterocycles. The van der Waals surface area contributed by atoms with Gasteiger partial charge in [0.1, 0.15) is 11.6 Å². The highest BCUT2D eigenvalue weighted by Crippen LogP contribution is 2.24. The van der Waals surface area contributed by atoms with Crippen LogP contribution in [-0.2, 0) is 0 Å². The van der Waals surface area contributed by atoms with Crippen LogP contribution in [0.1, 0.15) is 70.3 Å². The second kappa shape index (κ2) is 15.9. The molecule has 0 radical (unpaired) electrons. The zero-order valence-electron chi connectivity index (χ0n) is 20.4. The maximum atomic E-state index is 14.5. The Labute approximate surface area is 192 Å². The number of nitrogens with one attached hydrogen (secondary N) is 2. The maximum absolute atomic E-state index is 14.5. The van der Waals surface area contributed by atoms with Crippen molar-refractivity contribution in [2.24, 2.45) is 0 Å². The van der Waals surface area contributed by atoms with Gasteiger partial charge in [0, 0.05) is 28.9 Å². The fraction of sp³-hybridized carbons (Fsp3) is 0.370. The summed E-state index contributed by atoms with van der Waals surface area (Å²) in [6.45, 7) is 20.6. The molecule has 1 amide bonds. The van der Waals surface area contributed by atoms with Crippen molar-refractivity contribution in [3.05, 3.63) is 89.2 Å². The lowest BCUT2D eigenvalue weighted by Crippen LogP contribution is -2.22. The summed E-state index contributed by atoms with van der Waals surface area (Å²) in [6, 6.07) is 4.34. The normalized spacial score (nSPS) is 13.6. The van der Waals surface area contributed by atoms with Gasteiger partial charge in [-0.2, -0.15) is 0 Å². The van der Waals surface area contributed by atoms with Crippen LogP contribution in [0.2, 0.25) is 0 Å². The van der Waals surface area contributed by atoms with Crippen LogP contribution >= 0.6 is 0 Å². The average molecular weight is 445 g/mol. The molecule has 2 rings (SSSR count). The van der Waals surface area contributed by atoms with E-state index in [2.05, 4.69) is 23.8 Å². The minimum Gasteiger partial charge on any atom is -0.322 e. The molecular formula is C27H38F2N2O. The van der Waals surface area contributed by atoms with Gasteiger partial charge < -0.3 is 10.6 Å². The molecular weight excluding hydrogens is 406 g/mol. The van der Waals surface area contributed by atoms with Crippen LogP contribution < -0.4 is 10.6 Å². The molecule has 32 heavy (non-hydrogen) atoms. The zero-order valence-corrected chi connectivity index (χ0v) is 20.4. The molecule has 5 heteroatoms. The zero-order chi connectivity index (χ0) is 24.7. The van der Waals surface area contributed by atoms with Crippen LogP contribution in [0.15, 0.2) is 72.3 Å².